The van der Waals surface area contributed by atoms with Crippen molar-refractivity contribution in [3.8, 4) is 11.4 Å². The average molecular weight is 282 g/mol. The van der Waals surface area contributed by atoms with Crippen LogP contribution in [0.25, 0.3) is 11.4 Å². The number of aromatic nitrogens is 3. The standard InChI is InChI=1S/C13H13F3N4/c14-13(15,16)9-3-1-8(2-4-9)12-19-18-11(7-17)20(12)10-5-6-10/h1-4,10H,5-7,17H2. The lowest BCUT2D eigenvalue weighted by molar-refractivity contribution is -0.137. The molecule has 0 atom stereocenters. The van der Waals surface area contributed by atoms with Crippen LogP contribution in [0.4, 0.5) is 13.2 Å². The van der Waals surface area contributed by atoms with Crippen LogP contribution in [0.2, 0.25) is 0 Å². The van der Waals surface area contributed by atoms with E-state index < -0.39 is 11.7 Å². The molecule has 3 rings (SSSR count). The van der Waals surface area contributed by atoms with E-state index in [-0.39, 0.29) is 6.54 Å². The van der Waals surface area contributed by atoms with Gasteiger partial charge < -0.3 is 10.3 Å². The summed E-state index contributed by atoms with van der Waals surface area (Å²) in [5.74, 6) is 1.25. The molecule has 20 heavy (non-hydrogen) atoms. The topological polar surface area (TPSA) is 56.7 Å². The van der Waals surface area contributed by atoms with Crippen LogP contribution in [0.15, 0.2) is 24.3 Å². The Labute approximate surface area is 113 Å². The molecule has 0 amide bonds. The fraction of sp³-hybridized carbons (Fsp3) is 0.385. The van der Waals surface area contributed by atoms with Crippen LogP contribution in [0, 0.1) is 0 Å². The van der Waals surface area contributed by atoms with E-state index in [1.807, 2.05) is 4.57 Å². The molecule has 1 heterocycles. The molecule has 1 fully saturated rings. The second-order valence-corrected chi connectivity index (χ2v) is 4.82. The first kappa shape index (κ1) is 13.1. The molecule has 4 nitrogen and oxygen atoms in total. The van der Waals surface area contributed by atoms with Gasteiger partial charge in [-0.25, -0.2) is 0 Å². The van der Waals surface area contributed by atoms with Gasteiger partial charge >= 0.3 is 6.18 Å². The van der Waals surface area contributed by atoms with Crippen molar-refractivity contribution in [2.75, 3.05) is 0 Å². The Kier molecular flexibility index (Phi) is 3.01. The van der Waals surface area contributed by atoms with Crippen molar-refractivity contribution < 1.29 is 13.2 Å². The van der Waals surface area contributed by atoms with Crippen LogP contribution >= 0.6 is 0 Å². The zero-order valence-electron chi connectivity index (χ0n) is 10.6. The van der Waals surface area contributed by atoms with Crippen molar-refractivity contribution in [1.29, 1.82) is 0 Å². The first-order valence-electron chi connectivity index (χ1n) is 6.32. The van der Waals surface area contributed by atoms with Crippen molar-refractivity contribution in [2.45, 2.75) is 31.6 Å². The highest BCUT2D eigenvalue weighted by Gasteiger charge is 2.31. The van der Waals surface area contributed by atoms with Crippen LogP contribution < -0.4 is 5.73 Å². The quantitative estimate of drug-likeness (QED) is 0.941. The van der Waals surface area contributed by atoms with Crippen LogP contribution in [-0.4, -0.2) is 14.8 Å². The molecular weight excluding hydrogens is 269 g/mol. The SMILES string of the molecule is NCc1nnc(-c2ccc(C(F)(F)F)cc2)n1C1CC1. The minimum Gasteiger partial charge on any atom is -0.324 e. The number of nitrogens with two attached hydrogens (primary N) is 1. The summed E-state index contributed by atoms with van der Waals surface area (Å²) >= 11 is 0. The minimum atomic E-state index is -4.33. The number of hydrogen-bond donors (Lipinski definition) is 1. The molecule has 2 N–H and O–H groups in total. The van der Waals surface area contributed by atoms with Gasteiger partial charge in [-0.3, -0.25) is 0 Å². The first-order chi connectivity index (χ1) is 9.50. The van der Waals surface area contributed by atoms with Gasteiger partial charge in [-0.15, -0.1) is 10.2 Å². The van der Waals surface area contributed by atoms with Crippen LogP contribution in [0.3, 0.4) is 0 Å². The third kappa shape index (κ3) is 2.29. The lowest BCUT2D eigenvalue weighted by Crippen LogP contribution is -2.08. The third-order valence-electron chi connectivity index (χ3n) is 3.33. The molecule has 1 aliphatic carbocycles. The second-order valence-electron chi connectivity index (χ2n) is 4.82. The van der Waals surface area contributed by atoms with E-state index in [1.54, 1.807) is 0 Å². The van der Waals surface area contributed by atoms with E-state index in [0.29, 0.717) is 23.3 Å². The molecule has 2 aromatic rings. The number of rotatable bonds is 3. The summed E-state index contributed by atoms with van der Waals surface area (Å²) in [5, 5.41) is 8.07. The Bertz CT molecular complexity index is 612. The highest BCUT2D eigenvalue weighted by atomic mass is 19.4. The zero-order chi connectivity index (χ0) is 14.3. The lowest BCUT2D eigenvalue weighted by Gasteiger charge is -2.09. The van der Waals surface area contributed by atoms with Crippen molar-refractivity contribution in [2.24, 2.45) is 5.73 Å². The summed E-state index contributed by atoms with van der Waals surface area (Å²) in [6.07, 6.45) is -2.28. The molecular formula is C13H13F3N4. The van der Waals surface area contributed by atoms with Gasteiger partial charge in [-0.05, 0) is 25.0 Å². The summed E-state index contributed by atoms with van der Waals surface area (Å²) in [4.78, 5) is 0. The molecule has 0 spiro atoms. The number of hydrogen-bond acceptors (Lipinski definition) is 3. The van der Waals surface area contributed by atoms with Crippen molar-refractivity contribution in [3.05, 3.63) is 35.7 Å². The summed E-state index contributed by atoms with van der Waals surface area (Å²) in [6, 6.07) is 5.28. The van der Waals surface area contributed by atoms with E-state index in [0.717, 1.165) is 25.0 Å². The first-order valence-corrected chi connectivity index (χ1v) is 6.32. The van der Waals surface area contributed by atoms with Crippen LogP contribution in [0.1, 0.15) is 30.3 Å². The predicted octanol–water partition coefficient (Wildman–Crippen LogP) is 2.76. The minimum absolute atomic E-state index is 0.268. The van der Waals surface area contributed by atoms with Gasteiger partial charge in [0, 0.05) is 11.6 Å². The number of nitrogens with zero attached hydrogens (tertiary/aromatic N) is 3. The van der Waals surface area contributed by atoms with Crippen molar-refractivity contribution in [3.63, 3.8) is 0 Å². The second kappa shape index (κ2) is 4.59. The Morgan fingerprint density at radius 2 is 1.80 bits per heavy atom. The Morgan fingerprint density at radius 1 is 1.15 bits per heavy atom. The molecule has 0 bridgehead atoms. The highest BCUT2D eigenvalue weighted by molar-refractivity contribution is 5.56. The maximum atomic E-state index is 12.5. The molecule has 7 heteroatoms. The van der Waals surface area contributed by atoms with Gasteiger partial charge in [0.1, 0.15) is 5.82 Å². The fourth-order valence-corrected chi connectivity index (χ4v) is 2.18. The molecule has 1 aromatic heterocycles. The van der Waals surface area contributed by atoms with Gasteiger partial charge in [-0.2, -0.15) is 13.2 Å². The van der Waals surface area contributed by atoms with Crippen LogP contribution in [0.5, 0.6) is 0 Å². The normalized spacial score (nSPS) is 15.6. The summed E-state index contributed by atoms with van der Waals surface area (Å²) in [7, 11) is 0. The van der Waals surface area contributed by atoms with Gasteiger partial charge in [0.05, 0.1) is 12.1 Å². The van der Waals surface area contributed by atoms with Gasteiger partial charge in [0.2, 0.25) is 0 Å². The van der Waals surface area contributed by atoms with E-state index in [2.05, 4.69) is 10.2 Å². The summed E-state index contributed by atoms with van der Waals surface area (Å²) < 4.78 is 39.6. The van der Waals surface area contributed by atoms with E-state index >= 15 is 0 Å². The van der Waals surface area contributed by atoms with Gasteiger partial charge in [0.25, 0.3) is 0 Å². The molecule has 1 saturated carbocycles. The average Bonchev–Trinajstić information content (AvgIpc) is 3.17. The number of benzene rings is 1. The van der Waals surface area contributed by atoms with Crippen molar-refractivity contribution >= 4 is 0 Å². The van der Waals surface area contributed by atoms with E-state index in [4.69, 9.17) is 5.73 Å². The molecule has 106 valence electrons. The zero-order valence-corrected chi connectivity index (χ0v) is 10.6. The maximum Gasteiger partial charge on any atom is 0.416 e. The van der Waals surface area contributed by atoms with Crippen molar-refractivity contribution in [1.82, 2.24) is 14.8 Å². The molecule has 1 aliphatic rings. The molecule has 0 radical (unpaired) electrons. The molecule has 0 unspecified atom stereocenters. The Balaban J connectivity index is 1.99. The monoisotopic (exact) mass is 282 g/mol. The molecule has 0 saturated heterocycles. The predicted molar refractivity (Wildman–Crippen MR) is 66.6 cm³/mol. The summed E-state index contributed by atoms with van der Waals surface area (Å²) in [5.41, 5.74) is 5.57. The summed E-state index contributed by atoms with van der Waals surface area (Å²) in [6.45, 7) is 0.268. The van der Waals surface area contributed by atoms with Crippen LogP contribution in [-0.2, 0) is 12.7 Å². The highest BCUT2D eigenvalue weighted by Crippen LogP contribution is 2.39. The smallest absolute Gasteiger partial charge is 0.324 e. The van der Waals surface area contributed by atoms with E-state index in [9.17, 15) is 13.2 Å². The third-order valence-corrected chi connectivity index (χ3v) is 3.33. The lowest BCUT2D eigenvalue weighted by atomic mass is 10.1. The fourth-order valence-electron chi connectivity index (χ4n) is 2.18. The van der Waals surface area contributed by atoms with E-state index in [1.165, 1.54) is 12.1 Å². The molecule has 1 aromatic carbocycles. The van der Waals surface area contributed by atoms with Gasteiger partial charge in [0.15, 0.2) is 5.82 Å². The number of alkyl halides is 3. The maximum absolute atomic E-state index is 12.5. The Morgan fingerprint density at radius 3 is 2.30 bits per heavy atom. The van der Waals surface area contributed by atoms with Gasteiger partial charge in [-0.1, -0.05) is 12.1 Å². The Hall–Kier alpha value is -1.89. The number of halogens is 3. The largest absolute Gasteiger partial charge is 0.416 e. The molecule has 0 aliphatic heterocycles.